The van der Waals surface area contributed by atoms with Gasteiger partial charge in [0.15, 0.2) is 5.82 Å². The van der Waals surface area contributed by atoms with Gasteiger partial charge in [-0.15, -0.1) is 0 Å². The molecule has 1 heterocycles. The Morgan fingerprint density at radius 3 is 2.71 bits per heavy atom. The molecule has 0 spiro atoms. The molecular weight excluding hydrogens is 276 g/mol. The minimum absolute atomic E-state index is 0.0883. The zero-order valence-corrected chi connectivity index (χ0v) is 11.1. The lowest BCUT2D eigenvalue weighted by molar-refractivity contribution is -0.115. The number of rotatable bonds is 6. The molecular formula is C13H14N4O4. The Balaban J connectivity index is 1.90. The molecule has 0 saturated heterocycles. The van der Waals surface area contributed by atoms with Crippen LogP contribution in [0.2, 0.25) is 0 Å². The number of hydrogen-bond acceptors (Lipinski definition) is 6. The van der Waals surface area contributed by atoms with Crippen molar-refractivity contribution >= 4 is 17.5 Å². The van der Waals surface area contributed by atoms with Crippen molar-refractivity contribution in [3.8, 4) is 0 Å². The molecule has 8 heteroatoms. The van der Waals surface area contributed by atoms with Crippen molar-refractivity contribution in [2.45, 2.75) is 6.42 Å². The minimum Gasteiger partial charge on any atom is -0.395 e. The van der Waals surface area contributed by atoms with Gasteiger partial charge in [-0.3, -0.25) is 9.59 Å². The Hall–Kier alpha value is -2.74. The highest BCUT2D eigenvalue weighted by Gasteiger charge is 2.16. The maximum Gasteiger partial charge on any atom is 0.315 e. The van der Waals surface area contributed by atoms with Crippen LogP contribution in [0.5, 0.6) is 0 Å². The zero-order valence-electron chi connectivity index (χ0n) is 11.1. The fourth-order valence-corrected chi connectivity index (χ4v) is 1.53. The normalized spacial score (nSPS) is 10.1. The molecule has 21 heavy (non-hydrogen) atoms. The molecule has 0 aliphatic carbocycles. The Labute approximate surface area is 120 Å². The SMILES string of the molecule is O=C(Cc1noc(C(=O)NCCO)n1)Nc1ccccc1. The predicted molar refractivity (Wildman–Crippen MR) is 72.5 cm³/mol. The second-order valence-corrected chi connectivity index (χ2v) is 4.09. The largest absolute Gasteiger partial charge is 0.395 e. The molecule has 3 N–H and O–H groups in total. The molecule has 0 aliphatic heterocycles. The topological polar surface area (TPSA) is 117 Å². The molecule has 1 aromatic heterocycles. The van der Waals surface area contributed by atoms with Crippen LogP contribution < -0.4 is 10.6 Å². The van der Waals surface area contributed by atoms with Gasteiger partial charge >= 0.3 is 11.8 Å². The lowest BCUT2D eigenvalue weighted by Gasteiger charge is -2.01. The third-order valence-corrected chi connectivity index (χ3v) is 2.44. The van der Waals surface area contributed by atoms with E-state index in [0.717, 1.165) is 0 Å². The molecule has 0 bridgehead atoms. The number of anilines is 1. The van der Waals surface area contributed by atoms with E-state index in [1.807, 2.05) is 6.07 Å². The van der Waals surface area contributed by atoms with Crippen molar-refractivity contribution in [2.24, 2.45) is 0 Å². The summed E-state index contributed by atoms with van der Waals surface area (Å²) in [6.07, 6.45) is -0.105. The summed E-state index contributed by atoms with van der Waals surface area (Å²) in [6.45, 7) is -0.0999. The Kier molecular flexibility index (Phi) is 4.99. The van der Waals surface area contributed by atoms with Crippen LogP contribution in [0.1, 0.15) is 16.5 Å². The summed E-state index contributed by atoms with van der Waals surface area (Å²) in [4.78, 5) is 27.1. The van der Waals surface area contributed by atoms with E-state index in [9.17, 15) is 9.59 Å². The van der Waals surface area contributed by atoms with Crippen molar-refractivity contribution in [2.75, 3.05) is 18.5 Å². The molecule has 0 aliphatic rings. The minimum atomic E-state index is -0.591. The van der Waals surface area contributed by atoms with Gasteiger partial charge in [0.25, 0.3) is 0 Å². The van der Waals surface area contributed by atoms with Crippen molar-refractivity contribution < 1.29 is 19.2 Å². The van der Waals surface area contributed by atoms with Gasteiger partial charge in [0, 0.05) is 12.2 Å². The number of aromatic nitrogens is 2. The Morgan fingerprint density at radius 1 is 1.24 bits per heavy atom. The third-order valence-electron chi connectivity index (χ3n) is 2.44. The smallest absolute Gasteiger partial charge is 0.315 e. The highest BCUT2D eigenvalue weighted by Crippen LogP contribution is 2.06. The van der Waals surface area contributed by atoms with E-state index in [2.05, 4.69) is 20.8 Å². The van der Waals surface area contributed by atoms with E-state index in [1.54, 1.807) is 24.3 Å². The summed E-state index contributed by atoms with van der Waals surface area (Å²) in [5.74, 6) is -1.04. The first-order valence-electron chi connectivity index (χ1n) is 6.25. The molecule has 2 rings (SSSR count). The average Bonchev–Trinajstić information content (AvgIpc) is 2.94. The fraction of sp³-hybridized carbons (Fsp3) is 0.231. The quantitative estimate of drug-likeness (QED) is 0.688. The van der Waals surface area contributed by atoms with E-state index in [1.165, 1.54) is 0 Å². The first-order chi connectivity index (χ1) is 10.2. The van der Waals surface area contributed by atoms with Gasteiger partial charge in [-0.25, -0.2) is 0 Å². The summed E-state index contributed by atoms with van der Waals surface area (Å²) < 4.78 is 4.74. The van der Waals surface area contributed by atoms with Crippen LogP contribution in [-0.2, 0) is 11.2 Å². The fourth-order valence-electron chi connectivity index (χ4n) is 1.53. The Bertz CT molecular complexity index is 612. The molecule has 2 amide bonds. The van der Waals surface area contributed by atoms with Gasteiger partial charge in [0.05, 0.1) is 13.0 Å². The molecule has 110 valence electrons. The molecule has 0 saturated carbocycles. The van der Waals surface area contributed by atoms with Gasteiger partial charge < -0.3 is 20.3 Å². The van der Waals surface area contributed by atoms with E-state index < -0.39 is 5.91 Å². The average molecular weight is 290 g/mol. The predicted octanol–water partition coefficient (Wildman–Crippen LogP) is -0.0271. The molecule has 1 aromatic carbocycles. The Morgan fingerprint density at radius 2 is 2.00 bits per heavy atom. The molecule has 0 radical (unpaired) electrons. The van der Waals surface area contributed by atoms with Crippen molar-refractivity contribution in [3.05, 3.63) is 42.0 Å². The number of amides is 2. The van der Waals surface area contributed by atoms with E-state index in [0.29, 0.717) is 5.69 Å². The molecule has 2 aromatic rings. The second kappa shape index (κ2) is 7.15. The van der Waals surface area contributed by atoms with Crippen LogP contribution in [0, 0.1) is 0 Å². The number of benzene rings is 1. The lowest BCUT2D eigenvalue weighted by atomic mass is 10.3. The maximum absolute atomic E-state index is 11.8. The number of carbonyl (C=O) groups excluding carboxylic acids is 2. The van der Waals surface area contributed by atoms with E-state index in [-0.39, 0.29) is 37.2 Å². The summed E-state index contributed by atoms with van der Waals surface area (Å²) in [5.41, 5.74) is 0.659. The van der Waals surface area contributed by atoms with Crippen LogP contribution in [0.3, 0.4) is 0 Å². The highest BCUT2D eigenvalue weighted by molar-refractivity contribution is 5.92. The van der Waals surface area contributed by atoms with Crippen LogP contribution in [0.25, 0.3) is 0 Å². The number of carbonyl (C=O) groups is 2. The molecule has 8 nitrogen and oxygen atoms in total. The summed E-state index contributed by atoms with van der Waals surface area (Å²) >= 11 is 0. The second-order valence-electron chi connectivity index (χ2n) is 4.09. The number of aliphatic hydroxyl groups excluding tert-OH is 1. The molecule has 0 unspecified atom stereocenters. The highest BCUT2D eigenvalue weighted by atomic mass is 16.5. The van der Waals surface area contributed by atoms with Crippen LogP contribution in [0.4, 0.5) is 5.69 Å². The van der Waals surface area contributed by atoms with Gasteiger partial charge in [-0.1, -0.05) is 23.4 Å². The van der Waals surface area contributed by atoms with Crippen LogP contribution >= 0.6 is 0 Å². The van der Waals surface area contributed by atoms with Crippen molar-refractivity contribution in [1.82, 2.24) is 15.5 Å². The van der Waals surface area contributed by atoms with E-state index in [4.69, 9.17) is 9.63 Å². The maximum atomic E-state index is 11.8. The van der Waals surface area contributed by atoms with E-state index >= 15 is 0 Å². The van der Waals surface area contributed by atoms with Crippen molar-refractivity contribution in [3.63, 3.8) is 0 Å². The zero-order chi connectivity index (χ0) is 15.1. The van der Waals surface area contributed by atoms with Crippen molar-refractivity contribution in [1.29, 1.82) is 0 Å². The summed E-state index contributed by atoms with van der Waals surface area (Å²) in [5, 5.41) is 17.2. The standard InChI is InChI=1S/C13H14N4O4/c18-7-6-14-12(20)13-16-10(17-21-13)8-11(19)15-9-4-2-1-3-5-9/h1-5,18H,6-8H2,(H,14,20)(H,15,19). The molecule has 0 fully saturated rings. The van der Waals surface area contributed by atoms with Gasteiger partial charge in [0.1, 0.15) is 0 Å². The monoisotopic (exact) mass is 290 g/mol. The first-order valence-corrected chi connectivity index (χ1v) is 6.25. The third kappa shape index (κ3) is 4.39. The summed E-state index contributed by atoms with van der Waals surface area (Å²) in [7, 11) is 0. The van der Waals surface area contributed by atoms with Gasteiger partial charge in [0.2, 0.25) is 5.91 Å². The summed E-state index contributed by atoms with van der Waals surface area (Å²) in [6, 6.07) is 8.94. The van der Waals surface area contributed by atoms with Crippen LogP contribution in [-0.4, -0.2) is 40.2 Å². The number of aliphatic hydroxyl groups is 1. The lowest BCUT2D eigenvalue weighted by Crippen LogP contribution is -2.26. The number of nitrogens with one attached hydrogen (secondary N) is 2. The first kappa shape index (κ1) is 14.7. The number of hydrogen-bond donors (Lipinski definition) is 3. The number of para-hydroxylation sites is 1. The van der Waals surface area contributed by atoms with Crippen LogP contribution in [0.15, 0.2) is 34.9 Å². The van der Waals surface area contributed by atoms with Gasteiger partial charge in [-0.05, 0) is 12.1 Å². The number of nitrogens with zero attached hydrogens (tertiary/aromatic N) is 2. The van der Waals surface area contributed by atoms with Gasteiger partial charge in [-0.2, -0.15) is 4.98 Å². The molecule has 0 atom stereocenters.